The minimum absolute atomic E-state index is 0.200. The highest BCUT2D eigenvalue weighted by Gasteiger charge is 2.21. The van der Waals surface area contributed by atoms with E-state index in [-0.39, 0.29) is 17.5 Å². The highest BCUT2D eigenvalue weighted by atomic mass is 16.1. The van der Waals surface area contributed by atoms with Crippen LogP contribution in [0.4, 0.5) is 0 Å². The van der Waals surface area contributed by atoms with Gasteiger partial charge in [-0.15, -0.1) is 0 Å². The van der Waals surface area contributed by atoms with Crippen molar-refractivity contribution in [1.82, 2.24) is 0 Å². The summed E-state index contributed by atoms with van der Waals surface area (Å²) in [6.07, 6.45) is 10.3. The zero-order chi connectivity index (χ0) is 23.0. The lowest BCUT2D eigenvalue weighted by atomic mass is 9.85. The average molecular weight is 435 g/mol. The molecule has 0 spiro atoms. The Labute approximate surface area is 193 Å². The van der Waals surface area contributed by atoms with Gasteiger partial charge in [0.2, 0.25) is 0 Å². The quantitative estimate of drug-likeness (QED) is 0.247. The van der Waals surface area contributed by atoms with Gasteiger partial charge in [-0.2, -0.15) is 0 Å². The van der Waals surface area contributed by atoms with Crippen molar-refractivity contribution in [2.45, 2.75) is 89.9 Å². The Morgan fingerprint density at radius 1 is 0.562 bits per heavy atom. The molecular weight excluding hydrogens is 396 g/mol. The highest BCUT2D eigenvalue weighted by Crippen LogP contribution is 2.27. The van der Waals surface area contributed by atoms with E-state index in [2.05, 4.69) is 0 Å². The molecule has 2 aromatic rings. The minimum atomic E-state index is -0.200. The van der Waals surface area contributed by atoms with Crippen molar-refractivity contribution < 1.29 is 14.4 Å². The first-order valence-electron chi connectivity index (χ1n) is 12.2. The summed E-state index contributed by atoms with van der Waals surface area (Å²) in [4.78, 5) is 36.0. The Balaban J connectivity index is 1.63. The number of carbonyl (C=O) groups excluding carboxylic acids is 3. The Morgan fingerprint density at radius 3 is 1.41 bits per heavy atom. The predicted molar refractivity (Wildman–Crippen MR) is 131 cm³/mol. The molecule has 3 heteroatoms. The van der Waals surface area contributed by atoms with Crippen LogP contribution in [-0.2, 0) is 14.4 Å². The molecule has 0 aromatic heterocycles. The largest absolute Gasteiger partial charge is 0.300 e. The predicted octanol–water partition coefficient (Wildman–Crippen LogP) is 7.23. The van der Waals surface area contributed by atoms with Crippen LogP contribution in [0.25, 0.3) is 0 Å². The van der Waals surface area contributed by atoms with E-state index < -0.39 is 0 Å². The molecule has 0 N–H and O–H groups in total. The summed E-state index contributed by atoms with van der Waals surface area (Å²) in [5.41, 5.74) is 2.10. The molecule has 0 saturated carbocycles. The van der Waals surface area contributed by atoms with Crippen molar-refractivity contribution in [2.75, 3.05) is 0 Å². The van der Waals surface area contributed by atoms with Crippen molar-refractivity contribution >= 4 is 17.3 Å². The zero-order valence-electron chi connectivity index (χ0n) is 19.6. The van der Waals surface area contributed by atoms with Crippen LogP contribution in [0.5, 0.6) is 0 Å². The van der Waals surface area contributed by atoms with Crippen LogP contribution >= 0.6 is 0 Å². The van der Waals surface area contributed by atoms with E-state index in [0.717, 1.165) is 62.5 Å². The topological polar surface area (TPSA) is 51.2 Å². The van der Waals surface area contributed by atoms with Crippen molar-refractivity contribution in [3.05, 3.63) is 71.8 Å². The molecule has 0 radical (unpaired) electrons. The third-order valence-electron chi connectivity index (χ3n) is 5.95. The molecular formula is C29H38O3. The van der Waals surface area contributed by atoms with Crippen LogP contribution in [0.2, 0.25) is 0 Å². The minimum Gasteiger partial charge on any atom is -0.300 e. The van der Waals surface area contributed by atoms with E-state index in [1.165, 1.54) is 0 Å². The lowest BCUT2D eigenvalue weighted by Crippen LogP contribution is -2.14. The van der Waals surface area contributed by atoms with E-state index in [9.17, 15) is 14.4 Å². The Morgan fingerprint density at radius 2 is 0.969 bits per heavy atom. The molecule has 2 aromatic carbocycles. The number of unbranched alkanes of at least 4 members (excludes halogenated alkanes) is 6. The Bertz CT molecular complexity index is 771. The van der Waals surface area contributed by atoms with Crippen molar-refractivity contribution in [3.63, 3.8) is 0 Å². The van der Waals surface area contributed by atoms with Crippen molar-refractivity contribution in [1.29, 1.82) is 0 Å². The van der Waals surface area contributed by atoms with Crippen LogP contribution < -0.4 is 0 Å². The van der Waals surface area contributed by atoms with E-state index in [4.69, 9.17) is 0 Å². The molecule has 0 atom stereocenters. The summed E-state index contributed by atoms with van der Waals surface area (Å²) in [5.74, 6) is 0.664. The molecule has 0 aliphatic carbocycles. The summed E-state index contributed by atoms with van der Waals surface area (Å²) in [5, 5.41) is 0. The number of hydrogen-bond donors (Lipinski definition) is 0. The first kappa shape index (κ1) is 25.7. The molecule has 3 nitrogen and oxygen atoms in total. The van der Waals surface area contributed by atoms with Gasteiger partial charge in [0.05, 0.1) is 5.92 Å². The fraction of sp³-hybridized carbons (Fsp3) is 0.483. The van der Waals surface area contributed by atoms with Crippen LogP contribution in [0.15, 0.2) is 60.7 Å². The van der Waals surface area contributed by atoms with Gasteiger partial charge < -0.3 is 4.79 Å². The fourth-order valence-electron chi connectivity index (χ4n) is 4.15. The lowest BCUT2D eigenvalue weighted by molar-refractivity contribution is -0.120. The standard InChI is InChI=1S/C29H38O3/c1-24(30)16-8-2-3-13-21-27(31)22-14-4-5-15-23-28(32)29(25-17-9-6-10-18-25)26-19-11-7-12-20-26/h6-7,9-12,17-20,29H,2-5,8,13-16,21-23H2,1H3. The summed E-state index contributed by atoms with van der Waals surface area (Å²) < 4.78 is 0. The number of carbonyl (C=O) groups is 3. The number of benzene rings is 2. The highest BCUT2D eigenvalue weighted by molar-refractivity contribution is 5.89. The van der Waals surface area contributed by atoms with E-state index in [1.807, 2.05) is 60.7 Å². The molecule has 0 heterocycles. The van der Waals surface area contributed by atoms with Crippen LogP contribution in [0.3, 0.4) is 0 Å². The number of rotatable bonds is 17. The van der Waals surface area contributed by atoms with Gasteiger partial charge in [-0.1, -0.05) is 86.3 Å². The summed E-state index contributed by atoms with van der Waals surface area (Å²) in [7, 11) is 0. The molecule has 172 valence electrons. The fourth-order valence-corrected chi connectivity index (χ4v) is 4.15. The second-order valence-electron chi connectivity index (χ2n) is 8.79. The van der Waals surface area contributed by atoms with Gasteiger partial charge in [0.1, 0.15) is 17.3 Å². The van der Waals surface area contributed by atoms with Gasteiger partial charge in [-0.3, -0.25) is 9.59 Å². The van der Waals surface area contributed by atoms with Crippen molar-refractivity contribution in [3.8, 4) is 0 Å². The van der Waals surface area contributed by atoms with Crippen LogP contribution in [0.1, 0.15) is 101 Å². The summed E-state index contributed by atoms with van der Waals surface area (Å²) in [6, 6.07) is 20.0. The van der Waals surface area contributed by atoms with Crippen LogP contribution in [-0.4, -0.2) is 17.3 Å². The summed E-state index contributed by atoms with van der Waals surface area (Å²) in [6.45, 7) is 1.63. The van der Waals surface area contributed by atoms with Gasteiger partial charge in [-0.05, 0) is 43.7 Å². The Kier molecular flexibility index (Phi) is 12.3. The van der Waals surface area contributed by atoms with Gasteiger partial charge >= 0.3 is 0 Å². The molecule has 0 fully saturated rings. The van der Waals surface area contributed by atoms with Gasteiger partial charge in [0.25, 0.3) is 0 Å². The van der Waals surface area contributed by atoms with E-state index in [0.29, 0.717) is 31.5 Å². The normalized spacial score (nSPS) is 10.9. The van der Waals surface area contributed by atoms with Gasteiger partial charge in [0, 0.05) is 25.7 Å². The molecule has 0 aliphatic rings. The Hall–Kier alpha value is -2.55. The smallest absolute Gasteiger partial charge is 0.144 e. The first-order chi connectivity index (χ1) is 15.6. The van der Waals surface area contributed by atoms with E-state index in [1.54, 1.807) is 6.92 Å². The van der Waals surface area contributed by atoms with E-state index >= 15 is 0 Å². The third-order valence-corrected chi connectivity index (χ3v) is 5.95. The molecule has 32 heavy (non-hydrogen) atoms. The van der Waals surface area contributed by atoms with Crippen LogP contribution in [0, 0.1) is 0 Å². The monoisotopic (exact) mass is 434 g/mol. The SMILES string of the molecule is CC(=O)CCCCCCC(=O)CCCCCCC(=O)C(c1ccccc1)c1ccccc1. The number of ketones is 3. The van der Waals surface area contributed by atoms with Gasteiger partial charge in [-0.25, -0.2) is 0 Å². The number of Topliss-reactive ketones (excluding diaryl/α,β-unsaturated/α-hetero) is 3. The molecule has 0 unspecified atom stereocenters. The lowest BCUT2D eigenvalue weighted by Gasteiger charge is -2.17. The zero-order valence-corrected chi connectivity index (χ0v) is 19.6. The molecule has 2 rings (SSSR count). The van der Waals surface area contributed by atoms with Gasteiger partial charge in [0.15, 0.2) is 0 Å². The second-order valence-corrected chi connectivity index (χ2v) is 8.79. The third kappa shape index (κ3) is 10.2. The summed E-state index contributed by atoms with van der Waals surface area (Å²) >= 11 is 0. The maximum absolute atomic E-state index is 13.0. The van der Waals surface area contributed by atoms with Crippen molar-refractivity contribution in [2.24, 2.45) is 0 Å². The maximum Gasteiger partial charge on any atom is 0.144 e. The second kappa shape index (κ2) is 15.3. The average Bonchev–Trinajstić information content (AvgIpc) is 2.80. The molecule has 0 bridgehead atoms. The first-order valence-corrected chi connectivity index (χ1v) is 12.2. The molecule has 0 aliphatic heterocycles. The number of hydrogen-bond acceptors (Lipinski definition) is 3. The maximum atomic E-state index is 13.0. The molecule has 0 saturated heterocycles. The molecule has 0 amide bonds.